The topological polar surface area (TPSA) is 150 Å². The van der Waals surface area contributed by atoms with Crippen LogP contribution in [0, 0.1) is 5.92 Å². The number of thiophene rings is 1. The van der Waals surface area contributed by atoms with Crippen molar-refractivity contribution < 1.29 is 29.1 Å². The van der Waals surface area contributed by atoms with E-state index in [1.807, 2.05) is 60.7 Å². The van der Waals surface area contributed by atoms with E-state index >= 15 is 0 Å². The fraction of sp³-hybridized carbons (Fsp3) is 0.324. The van der Waals surface area contributed by atoms with Gasteiger partial charge in [-0.3, -0.25) is 19.6 Å². The fourth-order valence-electron chi connectivity index (χ4n) is 5.13. The molecule has 0 bridgehead atoms. The number of amides is 4. The highest BCUT2D eigenvalue weighted by Gasteiger charge is 2.34. The number of benzene rings is 2. The number of nitrogens with one attached hydrogen (secondary N) is 3. The highest BCUT2D eigenvalue weighted by molar-refractivity contribution is 7.19. The first-order valence-corrected chi connectivity index (χ1v) is 16.1. The molecule has 4 N–H and O–H groups in total. The Morgan fingerprint density at radius 3 is 2.48 bits per heavy atom. The Labute approximate surface area is 271 Å². The minimum absolute atomic E-state index is 0.158. The first-order chi connectivity index (χ1) is 22.4. The van der Waals surface area contributed by atoms with Crippen LogP contribution < -0.4 is 16.0 Å². The lowest BCUT2D eigenvalue weighted by atomic mass is 9.91. The van der Waals surface area contributed by atoms with Gasteiger partial charge in [0.2, 0.25) is 18.2 Å². The lowest BCUT2D eigenvalue weighted by molar-refractivity contribution is -0.168. The van der Waals surface area contributed by atoms with Crippen LogP contribution in [0.1, 0.15) is 43.0 Å². The lowest BCUT2D eigenvalue weighted by Crippen LogP contribution is -2.51. The molecule has 0 saturated carbocycles. The number of unbranched alkanes of at least 4 members (excludes halogenated alkanes) is 1. The third kappa shape index (κ3) is 10.1. The molecule has 0 aliphatic heterocycles. The molecule has 2 aromatic heterocycles. The van der Waals surface area contributed by atoms with Crippen LogP contribution in [-0.4, -0.2) is 58.2 Å². The van der Waals surface area contributed by atoms with E-state index in [2.05, 4.69) is 20.9 Å². The molecule has 0 radical (unpaired) electrons. The number of aromatic nitrogens is 1. The molecule has 0 aliphatic carbocycles. The number of hydrogen-bond acceptors (Lipinski definition) is 8. The van der Waals surface area contributed by atoms with Gasteiger partial charge >= 0.3 is 6.09 Å². The number of fused-ring (bicyclic) bond motifs is 1. The number of anilines is 1. The highest BCUT2D eigenvalue weighted by Crippen LogP contribution is 2.29. The zero-order chi connectivity index (χ0) is 32.7. The Kier molecular flexibility index (Phi) is 13.0. The van der Waals surface area contributed by atoms with Crippen molar-refractivity contribution >= 4 is 51.6 Å². The Hall–Kier alpha value is -4.81. The summed E-state index contributed by atoms with van der Waals surface area (Å²) in [6.07, 6.45) is 3.18. The van der Waals surface area contributed by atoms with Gasteiger partial charge < -0.3 is 20.7 Å². The second-order valence-corrected chi connectivity index (χ2v) is 11.9. The molecule has 2 heterocycles. The number of pyridine rings is 1. The Balaban J connectivity index is 1.41. The van der Waals surface area contributed by atoms with Gasteiger partial charge in [0.05, 0.1) is 12.0 Å². The minimum atomic E-state index is -0.940. The Morgan fingerprint density at radius 1 is 1.00 bits per heavy atom. The molecule has 4 rings (SSSR count). The van der Waals surface area contributed by atoms with Crippen molar-refractivity contribution in [3.63, 3.8) is 0 Å². The van der Waals surface area contributed by atoms with Crippen molar-refractivity contribution in [2.45, 2.75) is 57.7 Å². The number of ether oxygens (including phenoxy) is 1. The quantitative estimate of drug-likeness (QED) is 0.0527. The van der Waals surface area contributed by atoms with E-state index in [0.29, 0.717) is 43.1 Å². The summed E-state index contributed by atoms with van der Waals surface area (Å²) in [7, 11) is 0. The maximum atomic E-state index is 13.9. The zero-order valence-corrected chi connectivity index (χ0v) is 26.4. The van der Waals surface area contributed by atoms with Gasteiger partial charge in [0.25, 0.3) is 0 Å². The van der Waals surface area contributed by atoms with Crippen LogP contribution in [0.15, 0.2) is 85.1 Å². The van der Waals surface area contributed by atoms with Crippen molar-refractivity contribution in [1.82, 2.24) is 20.7 Å². The van der Waals surface area contributed by atoms with Crippen LogP contribution in [0.2, 0.25) is 0 Å². The van der Waals surface area contributed by atoms with E-state index in [9.17, 15) is 24.4 Å². The Morgan fingerprint density at radius 2 is 1.76 bits per heavy atom. The van der Waals surface area contributed by atoms with Crippen LogP contribution in [-0.2, 0) is 32.1 Å². The van der Waals surface area contributed by atoms with Crippen LogP contribution >= 0.6 is 11.3 Å². The van der Waals surface area contributed by atoms with Gasteiger partial charge in [0, 0.05) is 22.3 Å². The molecule has 0 spiro atoms. The maximum absolute atomic E-state index is 13.9. The number of alkyl carbamates (subject to hydrolysis) is 1. The fourth-order valence-corrected chi connectivity index (χ4v) is 6.25. The summed E-state index contributed by atoms with van der Waals surface area (Å²) in [5.74, 6) is -1.41. The van der Waals surface area contributed by atoms with E-state index < -0.39 is 35.9 Å². The second-order valence-electron chi connectivity index (χ2n) is 10.8. The van der Waals surface area contributed by atoms with Crippen molar-refractivity contribution in [3.05, 3.63) is 95.5 Å². The number of carbonyl (C=O) groups is 4. The minimum Gasteiger partial charge on any atom is -0.445 e. The van der Waals surface area contributed by atoms with Crippen LogP contribution in [0.4, 0.5) is 10.6 Å². The van der Waals surface area contributed by atoms with Crippen molar-refractivity contribution in [2.24, 2.45) is 5.92 Å². The monoisotopic (exact) mass is 645 g/mol. The van der Waals surface area contributed by atoms with Crippen molar-refractivity contribution in [3.8, 4) is 0 Å². The molecule has 0 fully saturated rings. The first kappa shape index (κ1) is 34.1. The molecular weight excluding hydrogens is 606 g/mol. The summed E-state index contributed by atoms with van der Waals surface area (Å²) in [6.45, 7) is 2.26. The molecule has 0 aliphatic rings. The smallest absolute Gasteiger partial charge is 0.407 e. The van der Waals surface area contributed by atoms with Gasteiger partial charge in [0.15, 0.2) is 0 Å². The summed E-state index contributed by atoms with van der Waals surface area (Å²) >= 11 is 1.54. The SMILES string of the molecule is CC[C@@H]([C@@H](Cc1cc2ccccc2s1)C(=O)N[C@@H](CCCCNC(=O)OCc1ccccc1)C(=O)Nc1ccccn1)N(O)C=O. The molecule has 3 atom stereocenters. The number of carbonyl (C=O) groups excluding carboxylic acids is 4. The van der Waals surface area contributed by atoms with Gasteiger partial charge in [-0.15, -0.1) is 11.3 Å². The van der Waals surface area contributed by atoms with Crippen LogP contribution in [0.3, 0.4) is 0 Å². The summed E-state index contributed by atoms with van der Waals surface area (Å²) < 4.78 is 6.30. The third-order valence-corrected chi connectivity index (χ3v) is 8.65. The molecule has 242 valence electrons. The van der Waals surface area contributed by atoms with E-state index in [-0.39, 0.29) is 19.4 Å². The molecule has 0 saturated heterocycles. The summed E-state index contributed by atoms with van der Waals surface area (Å²) in [4.78, 5) is 56.0. The van der Waals surface area contributed by atoms with E-state index in [0.717, 1.165) is 20.5 Å². The maximum Gasteiger partial charge on any atom is 0.407 e. The van der Waals surface area contributed by atoms with Crippen LogP contribution in [0.5, 0.6) is 0 Å². The number of hydrogen-bond donors (Lipinski definition) is 4. The molecule has 0 unspecified atom stereocenters. The van der Waals surface area contributed by atoms with E-state index in [4.69, 9.17) is 4.74 Å². The van der Waals surface area contributed by atoms with Crippen molar-refractivity contribution in [1.29, 1.82) is 0 Å². The molecule has 4 amide bonds. The van der Waals surface area contributed by atoms with Gasteiger partial charge in [-0.25, -0.2) is 14.8 Å². The molecule has 12 heteroatoms. The standard InChI is InChI=1S/C34H39N5O6S/c1-2-29(39(44)23-40)27(21-26-20-25-14-6-7-16-30(25)46-26)32(41)37-28(33(42)38-31-17-9-11-18-35-31)15-8-10-19-36-34(43)45-22-24-12-4-3-5-13-24/h3-7,9,11-14,16-18,20,23,27-29,44H,2,8,10,15,19,21-22H2,1H3,(H,36,43)(H,37,41)(H,35,38,42)/t27-,28+,29+/m1/s1. The van der Waals surface area contributed by atoms with E-state index in [1.54, 1.807) is 42.7 Å². The summed E-state index contributed by atoms with van der Waals surface area (Å²) in [5.41, 5.74) is 0.878. The predicted octanol–water partition coefficient (Wildman–Crippen LogP) is 5.30. The summed E-state index contributed by atoms with van der Waals surface area (Å²) in [6, 6.07) is 22.6. The third-order valence-electron chi connectivity index (χ3n) is 7.52. The molecule has 4 aromatic rings. The Bertz CT molecular complexity index is 1540. The second kappa shape index (κ2) is 17.6. The van der Waals surface area contributed by atoms with Gasteiger partial charge in [0.1, 0.15) is 18.5 Å². The average molecular weight is 646 g/mol. The van der Waals surface area contributed by atoms with Gasteiger partial charge in [-0.05, 0) is 67.3 Å². The zero-order valence-electron chi connectivity index (χ0n) is 25.6. The number of hydroxylamine groups is 2. The molecule has 46 heavy (non-hydrogen) atoms. The van der Waals surface area contributed by atoms with Crippen LogP contribution in [0.25, 0.3) is 10.1 Å². The largest absolute Gasteiger partial charge is 0.445 e. The summed E-state index contributed by atoms with van der Waals surface area (Å²) in [5, 5.41) is 20.3. The number of rotatable bonds is 17. The first-order valence-electron chi connectivity index (χ1n) is 15.2. The van der Waals surface area contributed by atoms with Crippen molar-refractivity contribution in [2.75, 3.05) is 11.9 Å². The molecular formula is C34H39N5O6S. The van der Waals surface area contributed by atoms with Gasteiger partial charge in [-0.1, -0.05) is 61.5 Å². The number of nitrogens with zero attached hydrogens (tertiary/aromatic N) is 2. The normalized spacial score (nSPS) is 12.8. The van der Waals surface area contributed by atoms with E-state index in [1.165, 1.54) is 0 Å². The average Bonchev–Trinajstić information content (AvgIpc) is 3.50. The highest BCUT2D eigenvalue weighted by atomic mass is 32.1. The lowest BCUT2D eigenvalue weighted by Gasteiger charge is -2.30. The van der Waals surface area contributed by atoms with Gasteiger partial charge in [-0.2, -0.15) is 0 Å². The molecule has 11 nitrogen and oxygen atoms in total. The molecule has 2 aromatic carbocycles. The predicted molar refractivity (Wildman–Crippen MR) is 176 cm³/mol.